The second-order valence-corrected chi connectivity index (χ2v) is 9.29. The normalized spacial score (nSPS) is 21.4. The third kappa shape index (κ3) is 5.08. The van der Waals surface area contributed by atoms with E-state index in [1.54, 1.807) is 11.1 Å². The summed E-state index contributed by atoms with van der Waals surface area (Å²) in [5.41, 5.74) is 0.0388. The molecule has 0 radical (unpaired) electrons. The number of carbonyl (C=O) groups is 1. The number of anilines is 1. The summed E-state index contributed by atoms with van der Waals surface area (Å²) >= 11 is 5.81. The Morgan fingerprint density at radius 3 is 2.64 bits per heavy atom. The van der Waals surface area contributed by atoms with Crippen molar-refractivity contribution in [2.75, 3.05) is 25.5 Å². The molecule has 1 aromatic heterocycles. The summed E-state index contributed by atoms with van der Waals surface area (Å²) in [6.07, 6.45) is 6.66. The molecular formula is C25H27ClF2N4O. The van der Waals surface area contributed by atoms with Crippen molar-refractivity contribution in [3.63, 3.8) is 0 Å². The Kier molecular flexibility index (Phi) is 6.52. The molecule has 0 bridgehead atoms. The number of aryl methyl sites for hydroxylation is 1. The van der Waals surface area contributed by atoms with Gasteiger partial charge in [-0.1, -0.05) is 23.7 Å². The maximum absolute atomic E-state index is 16.0. The fourth-order valence-electron chi connectivity index (χ4n) is 4.61. The quantitative estimate of drug-likeness (QED) is 0.630. The first kappa shape index (κ1) is 23.4. The second kappa shape index (κ2) is 9.21. The van der Waals surface area contributed by atoms with E-state index >= 15 is 4.39 Å². The van der Waals surface area contributed by atoms with Crippen LogP contribution in [0.25, 0.3) is 0 Å². The van der Waals surface area contributed by atoms with Gasteiger partial charge in [-0.2, -0.15) is 0 Å². The predicted octanol–water partition coefficient (Wildman–Crippen LogP) is 5.18. The standard InChI is InChI=1S/C25H27ClF2N4O/c1-17-4-6-19(31-22(17)29-2)15-25(8-3-11-30-25)16-24(28)9-12-32(13-10-24)23(33)18-5-7-21(27)20(26)14-18/h3-8,11,14H,9-10,12-13,15-16H2,1-2H3,(H,29,31). The van der Waals surface area contributed by atoms with E-state index in [2.05, 4.69) is 15.3 Å². The van der Waals surface area contributed by atoms with Gasteiger partial charge in [0.05, 0.1) is 10.6 Å². The molecule has 1 aromatic carbocycles. The maximum Gasteiger partial charge on any atom is 0.253 e. The van der Waals surface area contributed by atoms with Gasteiger partial charge in [0.1, 0.15) is 17.3 Å². The number of rotatable bonds is 6. The van der Waals surface area contributed by atoms with Crippen molar-refractivity contribution in [1.29, 1.82) is 0 Å². The van der Waals surface area contributed by atoms with E-state index < -0.39 is 17.0 Å². The lowest BCUT2D eigenvalue weighted by atomic mass is 9.78. The molecule has 1 saturated heterocycles. The molecule has 1 fully saturated rings. The van der Waals surface area contributed by atoms with Crippen molar-refractivity contribution < 1.29 is 13.6 Å². The highest BCUT2D eigenvalue weighted by molar-refractivity contribution is 6.31. The van der Waals surface area contributed by atoms with Gasteiger partial charge in [-0.05, 0) is 55.7 Å². The summed E-state index contributed by atoms with van der Waals surface area (Å²) < 4.78 is 29.4. The molecule has 0 aliphatic carbocycles. The Morgan fingerprint density at radius 1 is 1.24 bits per heavy atom. The number of piperidine rings is 1. The topological polar surface area (TPSA) is 57.6 Å². The number of halogens is 3. The predicted molar refractivity (Wildman–Crippen MR) is 128 cm³/mol. The van der Waals surface area contributed by atoms with Crippen molar-refractivity contribution in [3.8, 4) is 0 Å². The monoisotopic (exact) mass is 472 g/mol. The van der Waals surface area contributed by atoms with Crippen molar-refractivity contribution >= 4 is 29.5 Å². The van der Waals surface area contributed by atoms with Gasteiger partial charge in [0.15, 0.2) is 0 Å². The van der Waals surface area contributed by atoms with E-state index in [1.807, 2.05) is 38.3 Å². The van der Waals surface area contributed by atoms with Gasteiger partial charge in [-0.15, -0.1) is 0 Å². The summed E-state index contributed by atoms with van der Waals surface area (Å²) in [7, 11) is 1.83. The first-order valence-corrected chi connectivity index (χ1v) is 11.4. The molecule has 2 aliphatic heterocycles. The molecular weight excluding hydrogens is 446 g/mol. The number of nitrogens with one attached hydrogen (secondary N) is 1. The highest BCUT2D eigenvalue weighted by Gasteiger charge is 2.44. The SMILES string of the molecule is CNc1nc(CC2(CC3(F)CCN(C(=O)c4ccc(F)c(Cl)c4)CC3)C=CC=N2)ccc1C. The number of hydrogen-bond acceptors (Lipinski definition) is 4. The second-order valence-electron chi connectivity index (χ2n) is 8.88. The summed E-state index contributed by atoms with van der Waals surface area (Å²) in [4.78, 5) is 23.7. The number of amides is 1. The number of nitrogens with zero attached hydrogens (tertiary/aromatic N) is 3. The van der Waals surface area contributed by atoms with Gasteiger partial charge in [0, 0.05) is 50.5 Å². The lowest BCUT2D eigenvalue weighted by molar-refractivity contribution is 0.0322. The zero-order valence-corrected chi connectivity index (χ0v) is 19.5. The zero-order chi connectivity index (χ0) is 23.6. The van der Waals surface area contributed by atoms with Crippen LogP contribution in [0.3, 0.4) is 0 Å². The van der Waals surface area contributed by atoms with Crippen LogP contribution < -0.4 is 5.32 Å². The van der Waals surface area contributed by atoms with Crippen LogP contribution in [0, 0.1) is 12.7 Å². The Bertz CT molecular complexity index is 1100. The zero-order valence-electron chi connectivity index (χ0n) is 18.7. The number of hydrogen-bond donors (Lipinski definition) is 1. The van der Waals surface area contributed by atoms with Gasteiger partial charge in [-0.25, -0.2) is 13.8 Å². The molecule has 1 unspecified atom stereocenters. The number of aliphatic imine (C=N–C) groups is 1. The van der Waals surface area contributed by atoms with E-state index in [1.165, 1.54) is 18.2 Å². The van der Waals surface area contributed by atoms with Gasteiger partial charge in [0.2, 0.25) is 0 Å². The largest absolute Gasteiger partial charge is 0.373 e. The molecule has 33 heavy (non-hydrogen) atoms. The summed E-state index contributed by atoms with van der Waals surface area (Å²) in [6.45, 7) is 2.54. The van der Waals surface area contributed by atoms with Crippen LogP contribution in [0.15, 0.2) is 47.5 Å². The van der Waals surface area contributed by atoms with Crippen LogP contribution in [-0.2, 0) is 6.42 Å². The van der Waals surface area contributed by atoms with Gasteiger partial charge >= 0.3 is 0 Å². The summed E-state index contributed by atoms with van der Waals surface area (Å²) in [5.74, 6) is -0.0396. The number of likely N-dealkylation sites (tertiary alicyclic amines) is 1. The fraction of sp³-hybridized carbons (Fsp3) is 0.400. The third-order valence-electron chi connectivity index (χ3n) is 6.44. The Labute approximate surface area is 197 Å². The average Bonchev–Trinajstić information content (AvgIpc) is 3.24. The minimum absolute atomic E-state index is 0.100. The van der Waals surface area contributed by atoms with Crippen LogP contribution in [0.5, 0.6) is 0 Å². The average molecular weight is 473 g/mol. The molecule has 2 aliphatic rings. The maximum atomic E-state index is 16.0. The molecule has 5 nitrogen and oxygen atoms in total. The Hall–Kier alpha value is -2.80. The highest BCUT2D eigenvalue weighted by atomic mass is 35.5. The van der Waals surface area contributed by atoms with Crippen LogP contribution in [0.1, 0.15) is 40.9 Å². The Balaban J connectivity index is 1.44. The van der Waals surface area contributed by atoms with Crippen LogP contribution in [0.4, 0.5) is 14.6 Å². The number of aromatic nitrogens is 1. The molecule has 1 N–H and O–H groups in total. The van der Waals surface area contributed by atoms with Crippen LogP contribution in [-0.4, -0.2) is 53.4 Å². The Morgan fingerprint density at radius 2 is 2.00 bits per heavy atom. The van der Waals surface area contributed by atoms with Crippen LogP contribution in [0.2, 0.25) is 5.02 Å². The third-order valence-corrected chi connectivity index (χ3v) is 6.73. The molecule has 3 heterocycles. The molecule has 174 valence electrons. The molecule has 0 saturated carbocycles. The summed E-state index contributed by atoms with van der Waals surface area (Å²) in [6, 6.07) is 7.85. The van der Waals surface area contributed by atoms with Crippen molar-refractivity contribution in [2.45, 2.75) is 43.8 Å². The molecule has 4 rings (SSSR count). The van der Waals surface area contributed by atoms with Crippen molar-refractivity contribution in [2.24, 2.45) is 4.99 Å². The first-order chi connectivity index (χ1) is 15.7. The minimum atomic E-state index is -1.46. The van der Waals surface area contributed by atoms with Gasteiger partial charge < -0.3 is 10.2 Å². The number of carbonyl (C=O) groups excluding carboxylic acids is 1. The lowest BCUT2D eigenvalue weighted by Crippen LogP contribution is -2.48. The van der Waals surface area contributed by atoms with Crippen molar-refractivity contribution in [1.82, 2.24) is 9.88 Å². The molecule has 2 aromatic rings. The van der Waals surface area contributed by atoms with E-state index in [-0.39, 0.29) is 43.3 Å². The fourth-order valence-corrected chi connectivity index (χ4v) is 4.79. The number of alkyl halides is 1. The van der Waals surface area contributed by atoms with E-state index in [0.717, 1.165) is 17.1 Å². The molecule has 1 amide bonds. The number of allylic oxidation sites excluding steroid dienone is 1. The summed E-state index contributed by atoms with van der Waals surface area (Å²) in [5, 5.41) is 2.99. The van der Waals surface area contributed by atoms with Crippen molar-refractivity contribution in [3.05, 3.63) is 70.1 Å². The van der Waals surface area contributed by atoms with Gasteiger partial charge in [-0.3, -0.25) is 9.79 Å². The van der Waals surface area contributed by atoms with E-state index in [4.69, 9.17) is 11.6 Å². The first-order valence-electron chi connectivity index (χ1n) is 11.0. The molecule has 8 heteroatoms. The number of benzene rings is 1. The molecule has 1 atom stereocenters. The minimum Gasteiger partial charge on any atom is -0.373 e. The van der Waals surface area contributed by atoms with E-state index in [9.17, 15) is 9.18 Å². The van der Waals surface area contributed by atoms with Gasteiger partial charge in [0.25, 0.3) is 5.91 Å². The molecule has 0 spiro atoms. The lowest BCUT2D eigenvalue weighted by Gasteiger charge is -2.40. The van der Waals surface area contributed by atoms with E-state index in [0.29, 0.717) is 12.0 Å². The smallest absolute Gasteiger partial charge is 0.253 e. The highest BCUT2D eigenvalue weighted by Crippen LogP contribution is 2.40. The van der Waals surface area contributed by atoms with Crippen LogP contribution >= 0.6 is 11.6 Å². The number of pyridine rings is 1.